The molecule has 1 aromatic carbocycles. The molecule has 1 aliphatic rings. The van der Waals surface area contributed by atoms with Gasteiger partial charge in [0.2, 0.25) is 0 Å². The van der Waals surface area contributed by atoms with Gasteiger partial charge in [-0.1, -0.05) is 34.1 Å². The first-order valence-electron chi connectivity index (χ1n) is 4.87. The molecule has 1 aromatic rings. The number of likely N-dealkylation sites (N-methyl/N-ethyl adjacent to an activating group) is 1. The molecule has 2 nitrogen and oxygen atoms in total. The Morgan fingerprint density at radius 3 is 2.64 bits per heavy atom. The number of nitrogens with two attached hydrogens (primary N) is 1. The third-order valence-electron chi connectivity index (χ3n) is 2.85. The van der Waals surface area contributed by atoms with E-state index in [1.54, 1.807) is 0 Å². The van der Waals surface area contributed by atoms with Crippen molar-refractivity contribution in [3.8, 4) is 0 Å². The van der Waals surface area contributed by atoms with E-state index in [0.29, 0.717) is 5.92 Å². The fourth-order valence-electron chi connectivity index (χ4n) is 2.14. The Hall–Kier alpha value is -0.380. The van der Waals surface area contributed by atoms with E-state index in [1.807, 2.05) is 6.07 Å². The van der Waals surface area contributed by atoms with Gasteiger partial charge in [-0.05, 0) is 18.7 Å². The summed E-state index contributed by atoms with van der Waals surface area (Å²) in [6.45, 7) is 2.05. The largest absolute Gasteiger partial charge is 0.326 e. The van der Waals surface area contributed by atoms with Crippen LogP contribution in [0.2, 0.25) is 0 Å². The zero-order valence-corrected chi connectivity index (χ0v) is 9.87. The predicted molar refractivity (Wildman–Crippen MR) is 62.4 cm³/mol. The van der Waals surface area contributed by atoms with Crippen LogP contribution in [0.3, 0.4) is 0 Å². The Morgan fingerprint density at radius 1 is 1.36 bits per heavy atom. The van der Waals surface area contributed by atoms with Gasteiger partial charge in [0, 0.05) is 29.5 Å². The van der Waals surface area contributed by atoms with Crippen LogP contribution in [-0.2, 0) is 0 Å². The van der Waals surface area contributed by atoms with E-state index in [1.165, 1.54) is 10.0 Å². The number of rotatable bonds is 1. The standard InChI is InChI=1S/C11H15BrN2/c1-14-6-9(11(13)7-14)8-4-2-3-5-10(8)12/h2-5,9,11H,6-7,13H2,1H3. The van der Waals surface area contributed by atoms with Crippen LogP contribution in [0.25, 0.3) is 0 Å². The van der Waals surface area contributed by atoms with Crippen LogP contribution in [0, 0.1) is 0 Å². The van der Waals surface area contributed by atoms with Gasteiger partial charge in [0.05, 0.1) is 0 Å². The minimum atomic E-state index is 0.263. The van der Waals surface area contributed by atoms with E-state index in [0.717, 1.165) is 13.1 Å². The summed E-state index contributed by atoms with van der Waals surface area (Å²) in [4.78, 5) is 2.29. The maximum absolute atomic E-state index is 6.11. The van der Waals surface area contributed by atoms with Crippen LogP contribution in [0.5, 0.6) is 0 Å². The van der Waals surface area contributed by atoms with Crippen molar-refractivity contribution in [1.82, 2.24) is 4.90 Å². The molecule has 2 atom stereocenters. The van der Waals surface area contributed by atoms with Crippen LogP contribution in [0.1, 0.15) is 11.5 Å². The molecule has 2 unspecified atom stereocenters. The lowest BCUT2D eigenvalue weighted by molar-refractivity contribution is 0.407. The van der Waals surface area contributed by atoms with Gasteiger partial charge in [0.1, 0.15) is 0 Å². The molecule has 1 aliphatic heterocycles. The first kappa shape index (κ1) is 10.1. The molecule has 0 aliphatic carbocycles. The molecule has 0 saturated carbocycles. The molecule has 1 heterocycles. The van der Waals surface area contributed by atoms with Gasteiger partial charge in [0.25, 0.3) is 0 Å². The molecule has 1 saturated heterocycles. The number of halogens is 1. The molecule has 1 fully saturated rings. The highest BCUT2D eigenvalue weighted by Crippen LogP contribution is 2.30. The summed E-state index contributed by atoms with van der Waals surface area (Å²) in [5.74, 6) is 0.468. The maximum atomic E-state index is 6.11. The molecule has 0 bridgehead atoms. The maximum Gasteiger partial charge on any atom is 0.0250 e. The van der Waals surface area contributed by atoms with Crippen molar-refractivity contribution < 1.29 is 0 Å². The lowest BCUT2D eigenvalue weighted by Crippen LogP contribution is -2.28. The number of hydrogen-bond donors (Lipinski definition) is 1. The van der Waals surface area contributed by atoms with Crippen molar-refractivity contribution in [3.05, 3.63) is 34.3 Å². The second-order valence-corrected chi connectivity index (χ2v) is 4.87. The zero-order valence-electron chi connectivity index (χ0n) is 8.28. The molecule has 0 radical (unpaired) electrons. The topological polar surface area (TPSA) is 29.3 Å². The summed E-state index contributed by atoms with van der Waals surface area (Å²) in [5.41, 5.74) is 7.45. The number of benzene rings is 1. The van der Waals surface area contributed by atoms with Crippen molar-refractivity contribution in [3.63, 3.8) is 0 Å². The fourth-order valence-corrected chi connectivity index (χ4v) is 2.72. The van der Waals surface area contributed by atoms with Crippen molar-refractivity contribution >= 4 is 15.9 Å². The molecule has 0 amide bonds. The van der Waals surface area contributed by atoms with Gasteiger partial charge in [-0.3, -0.25) is 0 Å². The van der Waals surface area contributed by atoms with Crippen LogP contribution in [0.4, 0.5) is 0 Å². The van der Waals surface area contributed by atoms with Crippen molar-refractivity contribution in [1.29, 1.82) is 0 Å². The van der Waals surface area contributed by atoms with Crippen LogP contribution in [-0.4, -0.2) is 31.1 Å². The summed E-state index contributed by atoms with van der Waals surface area (Å²) in [6.07, 6.45) is 0. The van der Waals surface area contributed by atoms with Crippen LogP contribution < -0.4 is 5.73 Å². The van der Waals surface area contributed by atoms with Gasteiger partial charge in [-0.2, -0.15) is 0 Å². The van der Waals surface area contributed by atoms with E-state index >= 15 is 0 Å². The Kier molecular flexibility index (Phi) is 2.91. The van der Waals surface area contributed by atoms with Gasteiger partial charge >= 0.3 is 0 Å². The smallest absolute Gasteiger partial charge is 0.0250 e. The minimum Gasteiger partial charge on any atom is -0.326 e. The fraction of sp³-hybridized carbons (Fsp3) is 0.455. The van der Waals surface area contributed by atoms with Crippen molar-refractivity contribution in [2.75, 3.05) is 20.1 Å². The Balaban J connectivity index is 2.27. The molecule has 0 aromatic heterocycles. The average Bonchev–Trinajstić information content (AvgIpc) is 2.46. The summed E-state index contributed by atoms with van der Waals surface area (Å²) >= 11 is 3.58. The molecule has 14 heavy (non-hydrogen) atoms. The Morgan fingerprint density at radius 2 is 2.07 bits per heavy atom. The number of likely N-dealkylation sites (tertiary alicyclic amines) is 1. The van der Waals surface area contributed by atoms with Crippen LogP contribution in [0.15, 0.2) is 28.7 Å². The van der Waals surface area contributed by atoms with Gasteiger partial charge in [-0.25, -0.2) is 0 Å². The third kappa shape index (κ3) is 1.85. The first-order valence-corrected chi connectivity index (χ1v) is 5.66. The molecular formula is C11H15BrN2. The van der Waals surface area contributed by atoms with Crippen molar-refractivity contribution in [2.24, 2.45) is 5.73 Å². The van der Waals surface area contributed by atoms with E-state index in [9.17, 15) is 0 Å². The second kappa shape index (κ2) is 4.01. The Labute approximate surface area is 93.2 Å². The number of hydrogen-bond acceptors (Lipinski definition) is 2. The highest BCUT2D eigenvalue weighted by atomic mass is 79.9. The normalized spacial score (nSPS) is 28.2. The first-order chi connectivity index (χ1) is 6.68. The average molecular weight is 255 g/mol. The SMILES string of the molecule is CN1CC(N)C(c2ccccc2Br)C1. The van der Waals surface area contributed by atoms with E-state index in [-0.39, 0.29) is 6.04 Å². The van der Waals surface area contributed by atoms with Crippen molar-refractivity contribution in [2.45, 2.75) is 12.0 Å². The lowest BCUT2D eigenvalue weighted by atomic mass is 9.95. The molecule has 0 spiro atoms. The third-order valence-corrected chi connectivity index (χ3v) is 3.57. The predicted octanol–water partition coefficient (Wildman–Crippen LogP) is 1.81. The quantitative estimate of drug-likeness (QED) is 0.829. The molecular weight excluding hydrogens is 240 g/mol. The highest BCUT2D eigenvalue weighted by Gasteiger charge is 2.29. The van der Waals surface area contributed by atoms with Gasteiger partial charge in [-0.15, -0.1) is 0 Å². The molecule has 76 valence electrons. The minimum absolute atomic E-state index is 0.263. The zero-order chi connectivity index (χ0) is 10.1. The summed E-state index contributed by atoms with van der Waals surface area (Å²) < 4.78 is 1.18. The summed E-state index contributed by atoms with van der Waals surface area (Å²) in [6, 6.07) is 8.62. The summed E-state index contributed by atoms with van der Waals surface area (Å²) in [7, 11) is 2.12. The Bertz CT molecular complexity index is 327. The molecule has 2 rings (SSSR count). The summed E-state index contributed by atoms with van der Waals surface area (Å²) in [5, 5.41) is 0. The monoisotopic (exact) mass is 254 g/mol. The molecule has 2 N–H and O–H groups in total. The van der Waals surface area contributed by atoms with Gasteiger partial charge in [0.15, 0.2) is 0 Å². The van der Waals surface area contributed by atoms with E-state index < -0.39 is 0 Å². The van der Waals surface area contributed by atoms with Gasteiger partial charge < -0.3 is 10.6 Å². The van der Waals surface area contributed by atoms with E-state index in [2.05, 4.69) is 46.1 Å². The second-order valence-electron chi connectivity index (χ2n) is 4.01. The lowest BCUT2D eigenvalue weighted by Gasteiger charge is -2.16. The highest BCUT2D eigenvalue weighted by molar-refractivity contribution is 9.10. The molecule has 3 heteroatoms. The van der Waals surface area contributed by atoms with E-state index in [4.69, 9.17) is 5.73 Å². The van der Waals surface area contributed by atoms with Crippen LogP contribution >= 0.6 is 15.9 Å². The number of nitrogens with zero attached hydrogens (tertiary/aromatic N) is 1.